The van der Waals surface area contributed by atoms with Gasteiger partial charge in [-0.1, -0.05) is 0 Å². The molecule has 0 spiro atoms. The number of nitrogens with zero attached hydrogens (tertiary/aromatic N) is 5. The van der Waals surface area contributed by atoms with Crippen molar-refractivity contribution in [2.75, 3.05) is 25.5 Å². The van der Waals surface area contributed by atoms with Crippen LogP contribution in [0.3, 0.4) is 0 Å². The van der Waals surface area contributed by atoms with Gasteiger partial charge >= 0.3 is 0 Å². The van der Waals surface area contributed by atoms with Gasteiger partial charge in [-0.25, -0.2) is 9.97 Å². The molecule has 1 saturated heterocycles. The first-order valence-electron chi connectivity index (χ1n) is 11.1. The highest BCUT2D eigenvalue weighted by molar-refractivity contribution is 6.04. The molecule has 0 bridgehead atoms. The van der Waals surface area contributed by atoms with Gasteiger partial charge in [0.25, 0.3) is 11.8 Å². The molecule has 2 aromatic heterocycles. The maximum Gasteiger partial charge on any atom is 0.274 e. The van der Waals surface area contributed by atoms with Crippen molar-refractivity contribution in [3.8, 4) is 5.75 Å². The number of hydrogen-bond donors (Lipinski definition) is 1. The highest BCUT2D eigenvalue weighted by Crippen LogP contribution is 2.26. The number of aromatic nitrogens is 4. The van der Waals surface area contributed by atoms with Crippen LogP contribution in [-0.4, -0.2) is 56.7 Å². The maximum absolute atomic E-state index is 12.9. The van der Waals surface area contributed by atoms with Crippen molar-refractivity contribution in [2.45, 2.75) is 39.2 Å². The fourth-order valence-corrected chi connectivity index (χ4v) is 3.96. The third-order valence-corrected chi connectivity index (χ3v) is 5.85. The van der Waals surface area contributed by atoms with Gasteiger partial charge in [0.05, 0.1) is 18.4 Å². The van der Waals surface area contributed by atoms with Crippen molar-refractivity contribution in [2.24, 2.45) is 0 Å². The van der Waals surface area contributed by atoms with Crippen LogP contribution in [0.5, 0.6) is 5.75 Å². The van der Waals surface area contributed by atoms with E-state index in [0.717, 1.165) is 25.1 Å². The molecule has 172 valence electrons. The SMILES string of the molecule is CCn1ccc(C(=O)N2CCC[C@H](c3ncc(C(=O)Nc4ccc(OC)cc4)c(C)n3)C2)n1. The summed E-state index contributed by atoms with van der Waals surface area (Å²) in [7, 11) is 1.59. The fourth-order valence-electron chi connectivity index (χ4n) is 3.96. The van der Waals surface area contributed by atoms with Crippen LogP contribution in [0.25, 0.3) is 0 Å². The molecule has 1 aromatic carbocycles. The van der Waals surface area contributed by atoms with Crippen molar-refractivity contribution in [3.63, 3.8) is 0 Å². The van der Waals surface area contributed by atoms with E-state index in [2.05, 4.69) is 20.4 Å². The highest BCUT2D eigenvalue weighted by atomic mass is 16.5. The number of likely N-dealkylation sites (tertiary alicyclic amines) is 1. The maximum atomic E-state index is 12.9. The molecule has 1 fully saturated rings. The summed E-state index contributed by atoms with van der Waals surface area (Å²) in [6, 6.07) is 8.87. The smallest absolute Gasteiger partial charge is 0.274 e. The predicted octanol–water partition coefficient (Wildman–Crippen LogP) is 3.28. The van der Waals surface area contributed by atoms with E-state index in [4.69, 9.17) is 4.74 Å². The molecule has 1 aliphatic rings. The average Bonchev–Trinajstić information content (AvgIpc) is 3.33. The van der Waals surface area contributed by atoms with Crippen molar-refractivity contribution >= 4 is 17.5 Å². The number of carbonyl (C=O) groups is 2. The van der Waals surface area contributed by atoms with E-state index < -0.39 is 0 Å². The minimum Gasteiger partial charge on any atom is -0.497 e. The Bertz CT molecular complexity index is 1140. The zero-order valence-electron chi connectivity index (χ0n) is 19.1. The standard InChI is InChI=1S/C24H28N6O3/c1-4-30-13-11-21(28-30)24(32)29-12-5-6-17(15-29)22-25-14-20(16(2)26-22)23(31)27-18-7-9-19(33-3)10-8-18/h7-11,13-14,17H,4-6,12,15H2,1-3H3,(H,27,31)/t17-/m0/s1. The van der Waals surface area contributed by atoms with Gasteiger partial charge in [0.15, 0.2) is 0 Å². The summed E-state index contributed by atoms with van der Waals surface area (Å²) in [5.41, 5.74) is 2.15. The Kier molecular flexibility index (Phi) is 6.67. The molecule has 1 atom stereocenters. The fraction of sp³-hybridized carbons (Fsp3) is 0.375. The Morgan fingerprint density at radius 2 is 2.00 bits per heavy atom. The lowest BCUT2D eigenvalue weighted by molar-refractivity contribution is 0.0697. The summed E-state index contributed by atoms with van der Waals surface area (Å²) in [5.74, 6) is 1.06. The molecule has 0 radical (unpaired) electrons. The number of anilines is 1. The van der Waals surface area contributed by atoms with Gasteiger partial charge in [0.1, 0.15) is 17.3 Å². The number of piperidine rings is 1. The summed E-state index contributed by atoms with van der Waals surface area (Å²) >= 11 is 0. The van der Waals surface area contributed by atoms with E-state index in [1.807, 2.05) is 18.0 Å². The second-order valence-electron chi connectivity index (χ2n) is 8.06. The van der Waals surface area contributed by atoms with E-state index in [-0.39, 0.29) is 17.7 Å². The Morgan fingerprint density at radius 3 is 2.67 bits per heavy atom. The minimum absolute atomic E-state index is 0.0216. The van der Waals surface area contributed by atoms with E-state index in [9.17, 15) is 9.59 Å². The summed E-state index contributed by atoms with van der Waals surface area (Å²) in [5, 5.41) is 7.19. The second-order valence-corrected chi connectivity index (χ2v) is 8.06. The van der Waals surface area contributed by atoms with Crippen molar-refractivity contribution in [1.82, 2.24) is 24.6 Å². The van der Waals surface area contributed by atoms with E-state index in [1.54, 1.807) is 55.2 Å². The number of amides is 2. The summed E-state index contributed by atoms with van der Waals surface area (Å²) in [4.78, 5) is 36.5. The van der Waals surface area contributed by atoms with E-state index >= 15 is 0 Å². The summed E-state index contributed by atoms with van der Waals surface area (Å²) in [6.45, 7) is 5.74. The van der Waals surface area contributed by atoms with Crippen LogP contribution >= 0.6 is 0 Å². The van der Waals surface area contributed by atoms with Gasteiger partial charge < -0.3 is 15.0 Å². The van der Waals surface area contributed by atoms with Gasteiger partial charge in [-0.2, -0.15) is 5.10 Å². The number of nitrogens with one attached hydrogen (secondary N) is 1. The van der Waals surface area contributed by atoms with E-state index in [1.165, 1.54) is 0 Å². The first-order valence-corrected chi connectivity index (χ1v) is 11.1. The molecule has 3 heterocycles. The Hall–Kier alpha value is -3.75. The molecule has 33 heavy (non-hydrogen) atoms. The van der Waals surface area contributed by atoms with Gasteiger partial charge in [0, 0.05) is 43.6 Å². The zero-order valence-corrected chi connectivity index (χ0v) is 19.1. The first-order chi connectivity index (χ1) is 16.0. The van der Waals surface area contributed by atoms with Crippen LogP contribution in [0.4, 0.5) is 5.69 Å². The Morgan fingerprint density at radius 1 is 1.21 bits per heavy atom. The van der Waals surface area contributed by atoms with Crippen molar-refractivity contribution in [3.05, 3.63) is 65.5 Å². The average molecular weight is 449 g/mol. The van der Waals surface area contributed by atoms with Crippen LogP contribution in [0.15, 0.2) is 42.7 Å². The highest BCUT2D eigenvalue weighted by Gasteiger charge is 2.28. The Labute approximate surface area is 192 Å². The Balaban J connectivity index is 1.44. The first kappa shape index (κ1) is 22.4. The number of aryl methyl sites for hydroxylation is 2. The topological polar surface area (TPSA) is 102 Å². The molecule has 9 heteroatoms. The van der Waals surface area contributed by atoms with Crippen LogP contribution in [0.2, 0.25) is 0 Å². The lowest BCUT2D eigenvalue weighted by Crippen LogP contribution is -2.39. The lowest BCUT2D eigenvalue weighted by Gasteiger charge is -2.31. The van der Waals surface area contributed by atoms with Gasteiger partial charge in [-0.3, -0.25) is 14.3 Å². The number of ether oxygens (including phenoxy) is 1. The molecule has 1 N–H and O–H groups in total. The summed E-state index contributed by atoms with van der Waals surface area (Å²) < 4.78 is 6.89. The van der Waals surface area contributed by atoms with Crippen LogP contribution in [0, 0.1) is 6.92 Å². The molecule has 4 rings (SSSR count). The molecule has 0 unspecified atom stereocenters. The molecule has 9 nitrogen and oxygen atoms in total. The third kappa shape index (κ3) is 5.02. The summed E-state index contributed by atoms with van der Waals surface area (Å²) in [6.07, 6.45) is 5.15. The largest absolute Gasteiger partial charge is 0.497 e. The van der Waals surface area contributed by atoms with Gasteiger partial charge in [-0.15, -0.1) is 0 Å². The molecule has 3 aromatic rings. The second kappa shape index (κ2) is 9.81. The number of benzene rings is 1. The third-order valence-electron chi connectivity index (χ3n) is 5.85. The van der Waals surface area contributed by atoms with Gasteiger partial charge in [-0.05, 0) is 57.0 Å². The molecular formula is C24H28N6O3. The molecule has 2 amide bonds. The normalized spacial score (nSPS) is 15.8. The van der Waals surface area contributed by atoms with E-state index in [0.29, 0.717) is 41.6 Å². The van der Waals surface area contributed by atoms with Crippen molar-refractivity contribution in [1.29, 1.82) is 0 Å². The molecule has 0 aliphatic carbocycles. The molecule has 0 saturated carbocycles. The molecule has 1 aliphatic heterocycles. The van der Waals surface area contributed by atoms with Gasteiger partial charge in [0.2, 0.25) is 0 Å². The predicted molar refractivity (Wildman–Crippen MR) is 123 cm³/mol. The zero-order chi connectivity index (χ0) is 23.4. The minimum atomic E-state index is -0.267. The number of methoxy groups -OCH3 is 1. The van der Waals surface area contributed by atoms with Crippen LogP contribution in [-0.2, 0) is 6.54 Å². The van der Waals surface area contributed by atoms with Crippen LogP contribution in [0.1, 0.15) is 58.0 Å². The number of rotatable bonds is 6. The monoisotopic (exact) mass is 448 g/mol. The van der Waals surface area contributed by atoms with Crippen molar-refractivity contribution < 1.29 is 14.3 Å². The number of hydrogen-bond acceptors (Lipinski definition) is 6. The molecular weight excluding hydrogens is 420 g/mol. The number of carbonyl (C=O) groups excluding carboxylic acids is 2. The lowest BCUT2D eigenvalue weighted by atomic mass is 9.96. The quantitative estimate of drug-likeness (QED) is 0.621. The van der Waals surface area contributed by atoms with Crippen LogP contribution < -0.4 is 10.1 Å².